The molecular weight excluding hydrogens is 436 g/mol. The Hall–Kier alpha value is -2.90. The van der Waals surface area contributed by atoms with E-state index in [2.05, 4.69) is 23.8 Å². The first kappa shape index (κ1) is 21.9. The smallest absolute Gasteiger partial charge is 0.373 e. The number of rotatable bonds is 2. The summed E-state index contributed by atoms with van der Waals surface area (Å²) in [5.74, 6) is -2.53. The highest BCUT2D eigenvalue weighted by molar-refractivity contribution is 5.75. The van der Waals surface area contributed by atoms with Gasteiger partial charge in [-0.25, -0.2) is 9.07 Å². The number of allylic oxidation sites excluding steroid dienone is 3. The molecule has 0 N–H and O–H groups in total. The largest absolute Gasteiger partial charge is 0.575 e. The molecule has 0 saturated heterocycles. The predicted octanol–water partition coefficient (Wildman–Crippen LogP) is 6.08. The Labute approximate surface area is 188 Å². The van der Waals surface area contributed by atoms with Gasteiger partial charge in [-0.05, 0) is 75.3 Å². The second kappa shape index (κ2) is 7.57. The zero-order chi connectivity index (χ0) is 23.5. The zero-order valence-corrected chi connectivity index (χ0v) is 18.4. The van der Waals surface area contributed by atoms with Gasteiger partial charge in [0.25, 0.3) is 0 Å². The van der Waals surface area contributed by atoms with Crippen LogP contribution in [0.4, 0.5) is 17.6 Å². The molecule has 0 amide bonds. The fourth-order valence-corrected chi connectivity index (χ4v) is 5.91. The van der Waals surface area contributed by atoms with Crippen molar-refractivity contribution in [2.75, 3.05) is 0 Å². The molecule has 1 aromatic carbocycles. The second-order valence-corrected chi connectivity index (χ2v) is 9.37. The molecule has 174 valence electrons. The first-order chi connectivity index (χ1) is 15.6. The Bertz CT molecular complexity index is 1180. The lowest BCUT2D eigenvalue weighted by Gasteiger charge is -2.48. The van der Waals surface area contributed by atoms with E-state index >= 15 is 0 Å². The highest BCUT2D eigenvalue weighted by atomic mass is 19.4. The van der Waals surface area contributed by atoms with Crippen LogP contribution in [0.1, 0.15) is 49.6 Å². The molecule has 0 radical (unpaired) electrons. The van der Waals surface area contributed by atoms with Gasteiger partial charge in [0.1, 0.15) is 5.82 Å². The third kappa shape index (κ3) is 3.69. The van der Waals surface area contributed by atoms with E-state index in [-0.39, 0.29) is 17.2 Å². The highest BCUT2D eigenvalue weighted by Gasteiger charge is 2.50. The van der Waals surface area contributed by atoms with Gasteiger partial charge in [-0.15, -0.1) is 13.2 Å². The lowest BCUT2D eigenvalue weighted by atomic mass is 9.55. The van der Waals surface area contributed by atoms with Crippen LogP contribution in [0.25, 0.3) is 11.8 Å². The van der Waals surface area contributed by atoms with E-state index in [1.165, 1.54) is 17.7 Å². The molecule has 3 atom stereocenters. The van der Waals surface area contributed by atoms with Gasteiger partial charge < -0.3 is 4.74 Å². The predicted molar refractivity (Wildman–Crippen MR) is 114 cm³/mol. The van der Waals surface area contributed by atoms with Crippen molar-refractivity contribution in [3.05, 3.63) is 64.3 Å². The molecule has 4 nitrogen and oxygen atoms in total. The van der Waals surface area contributed by atoms with Crippen LogP contribution in [0.15, 0.2) is 41.5 Å². The summed E-state index contributed by atoms with van der Waals surface area (Å²) >= 11 is 0. The fourth-order valence-electron chi connectivity index (χ4n) is 5.91. The molecule has 1 heterocycles. The molecule has 0 spiro atoms. The number of aryl methyl sites for hydroxylation is 1. The Morgan fingerprint density at radius 2 is 1.94 bits per heavy atom. The third-order valence-electron chi connectivity index (χ3n) is 7.45. The summed E-state index contributed by atoms with van der Waals surface area (Å²) in [6.45, 7) is 4.05. The summed E-state index contributed by atoms with van der Waals surface area (Å²) < 4.78 is 57.2. The number of hydrogen-bond donors (Lipinski definition) is 0. The number of alkyl halides is 3. The lowest BCUT2D eigenvalue weighted by molar-refractivity contribution is -0.308. The molecule has 8 heteroatoms. The number of esters is 1. The zero-order valence-electron chi connectivity index (χ0n) is 18.4. The van der Waals surface area contributed by atoms with Gasteiger partial charge in [0, 0.05) is 11.0 Å². The van der Waals surface area contributed by atoms with Crippen LogP contribution in [-0.4, -0.2) is 22.1 Å². The maximum absolute atomic E-state index is 13.4. The van der Waals surface area contributed by atoms with E-state index in [0.717, 1.165) is 28.2 Å². The van der Waals surface area contributed by atoms with Crippen molar-refractivity contribution in [1.82, 2.24) is 9.78 Å². The Morgan fingerprint density at radius 3 is 2.64 bits per heavy atom. The minimum absolute atomic E-state index is 0.259. The summed E-state index contributed by atoms with van der Waals surface area (Å²) in [7, 11) is 0. The van der Waals surface area contributed by atoms with Crippen LogP contribution < -0.4 is 0 Å². The first-order valence-electron chi connectivity index (χ1n) is 11.1. The van der Waals surface area contributed by atoms with Crippen molar-refractivity contribution in [2.24, 2.45) is 17.3 Å². The third-order valence-corrected chi connectivity index (χ3v) is 7.45. The fraction of sp³-hybridized carbons (Fsp3) is 0.440. The molecule has 1 unspecified atom stereocenters. The quantitative estimate of drug-likeness (QED) is 0.310. The number of nitrogens with zero attached hydrogens (tertiary/aromatic N) is 2. The maximum Gasteiger partial charge on any atom is 0.575 e. The summed E-state index contributed by atoms with van der Waals surface area (Å²) in [6.07, 6.45) is 2.12. The summed E-state index contributed by atoms with van der Waals surface area (Å²) in [5, 5.41) is 4.70. The average molecular weight is 460 g/mol. The van der Waals surface area contributed by atoms with Gasteiger partial charge in [-0.1, -0.05) is 24.1 Å². The van der Waals surface area contributed by atoms with Crippen molar-refractivity contribution in [3.8, 4) is 5.69 Å². The van der Waals surface area contributed by atoms with Gasteiger partial charge in [0.05, 0.1) is 23.0 Å². The summed E-state index contributed by atoms with van der Waals surface area (Å²) in [4.78, 5) is 12.3. The number of aromatic nitrogens is 2. The van der Waals surface area contributed by atoms with Crippen molar-refractivity contribution in [3.63, 3.8) is 0 Å². The van der Waals surface area contributed by atoms with Gasteiger partial charge >= 0.3 is 12.3 Å². The molecule has 3 aliphatic carbocycles. The number of ether oxygens (including phenoxy) is 1. The number of benzene rings is 1. The molecule has 1 aromatic heterocycles. The molecule has 0 bridgehead atoms. The van der Waals surface area contributed by atoms with Crippen molar-refractivity contribution in [2.45, 2.75) is 52.3 Å². The van der Waals surface area contributed by atoms with Crippen LogP contribution in [0, 0.1) is 30.0 Å². The number of carbonyl (C=O) groups excluding carboxylic acids is 1. The van der Waals surface area contributed by atoms with Crippen molar-refractivity contribution < 1.29 is 27.1 Å². The highest BCUT2D eigenvalue weighted by Crippen LogP contribution is 2.57. The average Bonchev–Trinajstić information content (AvgIpc) is 3.06. The molecule has 0 aliphatic heterocycles. The maximum atomic E-state index is 13.4. The number of halogens is 4. The van der Waals surface area contributed by atoms with Crippen LogP contribution in [0.5, 0.6) is 0 Å². The van der Waals surface area contributed by atoms with Gasteiger partial charge in [0.2, 0.25) is 0 Å². The molecule has 3 aliphatic rings. The lowest BCUT2D eigenvalue weighted by Crippen LogP contribution is -2.42. The second-order valence-electron chi connectivity index (χ2n) is 9.37. The normalized spacial score (nSPS) is 26.5. The number of carbonyl (C=O) groups is 1. The Kier molecular flexibility index (Phi) is 5.03. The van der Waals surface area contributed by atoms with E-state index in [1.807, 2.05) is 11.6 Å². The van der Waals surface area contributed by atoms with Crippen molar-refractivity contribution in [1.29, 1.82) is 0 Å². The van der Waals surface area contributed by atoms with Crippen LogP contribution >= 0.6 is 0 Å². The van der Waals surface area contributed by atoms with E-state index < -0.39 is 18.2 Å². The van der Waals surface area contributed by atoms with Gasteiger partial charge in [-0.3, -0.25) is 4.79 Å². The van der Waals surface area contributed by atoms with Crippen LogP contribution in [0.2, 0.25) is 0 Å². The minimum atomic E-state index is -4.96. The van der Waals surface area contributed by atoms with E-state index in [9.17, 15) is 22.4 Å². The molecular formula is C25H24F4N2O2. The topological polar surface area (TPSA) is 44.1 Å². The van der Waals surface area contributed by atoms with Gasteiger partial charge in [0.15, 0.2) is 0 Å². The molecule has 1 saturated carbocycles. The van der Waals surface area contributed by atoms with E-state index in [0.29, 0.717) is 32.1 Å². The minimum Gasteiger partial charge on any atom is -0.373 e. The summed E-state index contributed by atoms with van der Waals surface area (Å²) in [6, 6.07) is 6.17. The standard InChI is InChI=1S/C25H24F4N2O2/c1-14-20-13-24(2)15(12-22(20)31(30-14)17-9-7-16(26)8-10-17)6-11-18-19(4-3-5-21(18)24)23(32)33-25(27,28)29/h5,7-10,12,18-19H,3-4,6,11,13H2,1-2H3/t18-,19?,24+/m1/s1. The first-order valence-corrected chi connectivity index (χ1v) is 11.1. The molecule has 5 rings (SSSR count). The molecule has 1 fully saturated rings. The van der Waals surface area contributed by atoms with E-state index in [1.54, 1.807) is 12.1 Å². The Morgan fingerprint density at radius 1 is 1.21 bits per heavy atom. The molecule has 2 aromatic rings. The number of hydrogen-bond acceptors (Lipinski definition) is 3. The van der Waals surface area contributed by atoms with Crippen LogP contribution in [-0.2, 0) is 16.0 Å². The SMILES string of the molecule is Cc1nn(-c2ccc(F)cc2)c2c1C[C@@]1(C)C(=C2)CC[C@H]2C1=CCCC2C(=O)OC(F)(F)F. The van der Waals surface area contributed by atoms with Crippen molar-refractivity contribution >= 4 is 12.0 Å². The van der Waals surface area contributed by atoms with Crippen LogP contribution in [0.3, 0.4) is 0 Å². The van der Waals surface area contributed by atoms with Gasteiger partial charge in [-0.2, -0.15) is 5.10 Å². The number of fused-ring (bicyclic) bond motifs is 4. The summed E-state index contributed by atoms with van der Waals surface area (Å²) in [5.41, 5.74) is 5.48. The monoisotopic (exact) mass is 460 g/mol. The molecule has 33 heavy (non-hydrogen) atoms. The Balaban J connectivity index is 1.51. The van der Waals surface area contributed by atoms with E-state index in [4.69, 9.17) is 5.10 Å².